The number of anilines is 1. The SMILES string of the molecule is O=C(CN[C@@H](c1ccccc1)c1cccs1)Nc1ccccc1C(F)(F)F. The average Bonchev–Trinajstić information content (AvgIpc) is 3.17. The Labute approximate surface area is 158 Å². The molecule has 3 rings (SSSR count). The molecule has 0 unspecified atom stereocenters. The molecule has 2 aromatic carbocycles. The number of rotatable bonds is 6. The van der Waals surface area contributed by atoms with Crippen molar-refractivity contribution in [1.82, 2.24) is 5.32 Å². The maximum atomic E-state index is 13.1. The minimum atomic E-state index is -4.53. The smallest absolute Gasteiger partial charge is 0.324 e. The third kappa shape index (κ3) is 4.96. The predicted octanol–water partition coefficient (Wildman–Crippen LogP) is 5.08. The van der Waals surface area contributed by atoms with E-state index in [9.17, 15) is 18.0 Å². The van der Waals surface area contributed by atoms with E-state index in [1.54, 1.807) is 11.3 Å². The van der Waals surface area contributed by atoms with Gasteiger partial charge in [-0.15, -0.1) is 11.3 Å². The summed E-state index contributed by atoms with van der Waals surface area (Å²) < 4.78 is 39.2. The third-order valence-corrected chi connectivity index (χ3v) is 4.87. The molecule has 3 aromatic rings. The van der Waals surface area contributed by atoms with E-state index in [0.29, 0.717) is 0 Å². The lowest BCUT2D eigenvalue weighted by Gasteiger charge is -2.18. The fourth-order valence-electron chi connectivity index (χ4n) is 2.71. The van der Waals surface area contributed by atoms with Gasteiger partial charge in [0.05, 0.1) is 23.8 Å². The van der Waals surface area contributed by atoms with Crippen LogP contribution in [-0.4, -0.2) is 12.5 Å². The Morgan fingerprint density at radius 2 is 1.67 bits per heavy atom. The highest BCUT2D eigenvalue weighted by atomic mass is 32.1. The zero-order chi connectivity index (χ0) is 19.3. The standard InChI is InChI=1S/C20H17F3N2OS/c21-20(22,23)15-9-4-5-10-16(15)25-18(26)13-24-19(17-11-6-12-27-17)14-7-2-1-3-8-14/h1-12,19,24H,13H2,(H,25,26)/t19-/m0/s1. The van der Waals surface area contributed by atoms with Gasteiger partial charge < -0.3 is 5.32 Å². The van der Waals surface area contributed by atoms with E-state index in [4.69, 9.17) is 0 Å². The summed E-state index contributed by atoms with van der Waals surface area (Å²) in [7, 11) is 0. The van der Waals surface area contributed by atoms with Crippen LogP contribution in [0, 0.1) is 0 Å². The highest BCUT2D eigenvalue weighted by Gasteiger charge is 2.33. The zero-order valence-corrected chi connectivity index (χ0v) is 15.0. The Balaban J connectivity index is 1.71. The Morgan fingerprint density at radius 1 is 0.963 bits per heavy atom. The molecule has 1 atom stereocenters. The number of hydrogen-bond acceptors (Lipinski definition) is 3. The van der Waals surface area contributed by atoms with Gasteiger partial charge in [0.1, 0.15) is 0 Å². The van der Waals surface area contributed by atoms with E-state index < -0.39 is 17.6 Å². The minimum Gasteiger partial charge on any atom is -0.324 e. The van der Waals surface area contributed by atoms with Crippen molar-refractivity contribution in [1.29, 1.82) is 0 Å². The number of carbonyl (C=O) groups is 1. The molecule has 0 saturated carbocycles. The number of thiophene rings is 1. The fourth-order valence-corrected chi connectivity index (χ4v) is 3.54. The summed E-state index contributed by atoms with van der Waals surface area (Å²) in [4.78, 5) is 13.3. The second kappa shape index (κ2) is 8.37. The normalized spacial score (nSPS) is 12.6. The van der Waals surface area contributed by atoms with Gasteiger partial charge in [0.2, 0.25) is 5.91 Å². The Bertz CT molecular complexity index is 880. The number of para-hydroxylation sites is 1. The van der Waals surface area contributed by atoms with Crippen LogP contribution in [-0.2, 0) is 11.0 Å². The summed E-state index contributed by atoms with van der Waals surface area (Å²) in [6.45, 7) is -0.121. The summed E-state index contributed by atoms with van der Waals surface area (Å²) in [5.74, 6) is -0.538. The second-order valence-corrected chi connectivity index (χ2v) is 6.81. The van der Waals surface area contributed by atoms with E-state index in [1.165, 1.54) is 18.2 Å². The molecule has 140 valence electrons. The number of amides is 1. The van der Waals surface area contributed by atoms with Crippen LogP contribution < -0.4 is 10.6 Å². The van der Waals surface area contributed by atoms with Crippen LogP contribution in [0.4, 0.5) is 18.9 Å². The number of halogens is 3. The van der Waals surface area contributed by atoms with Crippen molar-refractivity contribution in [2.75, 3.05) is 11.9 Å². The molecule has 0 radical (unpaired) electrons. The number of hydrogen-bond donors (Lipinski definition) is 2. The molecular formula is C20H17F3N2OS. The largest absolute Gasteiger partial charge is 0.418 e. The van der Waals surface area contributed by atoms with Crippen LogP contribution in [0.2, 0.25) is 0 Å². The lowest BCUT2D eigenvalue weighted by Crippen LogP contribution is -2.32. The van der Waals surface area contributed by atoms with Gasteiger partial charge in [-0.25, -0.2) is 0 Å². The molecule has 0 aliphatic rings. The molecule has 0 aliphatic carbocycles. The number of nitrogens with one attached hydrogen (secondary N) is 2. The lowest BCUT2D eigenvalue weighted by atomic mass is 10.1. The van der Waals surface area contributed by atoms with Crippen molar-refractivity contribution in [2.45, 2.75) is 12.2 Å². The lowest BCUT2D eigenvalue weighted by molar-refractivity contribution is -0.137. The average molecular weight is 390 g/mol. The highest BCUT2D eigenvalue weighted by Crippen LogP contribution is 2.34. The minimum absolute atomic E-state index is 0.121. The molecule has 3 nitrogen and oxygen atoms in total. The first-order valence-electron chi connectivity index (χ1n) is 8.23. The molecule has 0 bridgehead atoms. The first-order chi connectivity index (χ1) is 12.9. The van der Waals surface area contributed by atoms with Crippen molar-refractivity contribution < 1.29 is 18.0 Å². The molecule has 0 aliphatic heterocycles. The molecular weight excluding hydrogens is 373 g/mol. The Hall–Kier alpha value is -2.64. The maximum Gasteiger partial charge on any atom is 0.418 e. The first-order valence-corrected chi connectivity index (χ1v) is 9.11. The van der Waals surface area contributed by atoms with Crippen LogP contribution in [0.3, 0.4) is 0 Å². The quantitative estimate of drug-likeness (QED) is 0.616. The number of alkyl halides is 3. The van der Waals surface area contributed by atoms with Crippen molar-refractivity contribution in [3.8, 4) is 0 Å². The molecule has 1 amide bonds. The Kier molecular flexibility index (Phi) is 5.93. The fraction of sp³-hybridized carbons (Fsp3) is 0.150. The topological polar surface area (TPSA) is 41.1 Å². The van der Waals surface area contributed by atoms with Gasteiger partial charge in [-0.05, 0) is 29.1 Å². The van der Waals surface area contributed by atoms with E-state index >= 15 is 0 Å². The Morgan fingerprint density at radius 3 is 2.33 bits per heavy atom. The molecule has 27 heavy (non-hydrogen) atoms. The van der Waals surface area contributed by atoms with Crippen LogP contribution in [0.15, 0.2) is 72.1 Å². The first kappa shape index (κ1) is 19.1. The second-order valence-electron chi connectivity index (χ2n) is 5.83. The maximum absolute atomic E-state index is 13.1. The van der Waals surface area contributed by atoms with E-state index in [-0.39, 0.29) is 18.3 Å². The van der Waals surface area contributed by atoms with Crippen molar-refractivity contribution in [3.05, 3.63) is 88.1 Å². The zero-order valence-electron chi connectivity index (χ0n) is 14.2. The van der Waals surface area contributed by atoms with Gasteiger partial charge in [0.25, 0.3) is 0 Å². The molecule has 7 heteroatoms. The molecule has 1 heterocycles. The molecule has 2 N–H and O–H groups in total. The van der Waals surface area contributed by atoms with Gasteiger partial charge in [0.15, 0.2) is 0 Å². The summed E-state index contributed by atoms with van der Waals surface area (Å²) in [6.07, 6.45) is -4.53. The van der Waals surface area contributed by atoms with Gasteiger partial charge in [0, 0.05) is 4.88 Å². The van der Waals surface area contributed by atoms with E-state index in [1.807, 2.05) is 47.8 Å². The monoisotopic (exact) mass is 390 g/mol. The van der Waals surface area contributed by atoms with E-state index in [2.05, 4.69) is 10.6 Å². The van der Waals surface area contributed by atoms with Crippen molar-refractivity contribution >= 4 is 22.9 Å². The van der Waals surface area contributed by atoms with Crippen LogP contribution >= 0.6 is 11.3 Å². The summed E-state index contributed by atoms with van der Waals surface area (Å²) in [5.41, 5.74) is -0.135. The molecule has 0 fully saturated rings. The van der Waals surface area contributed by atoms with Gasteiger partial charge in [-0.2, -0.15) is 13.2 Å². The third-order valence-electron chi connectivity index (χ3n) is 3.93. The number of benzene rings is 2. The van der Waals surface area contributed by atoms with Crippen LogP contribution in [0.25, 0.3) is 0 Å². The van der Waals surface area contributed by atoms with Crippen molar-refractivity contribution in [2.24, 2.45) is 0 Å². The van der Waals surface area contributed by atoms with Crippen LogP contribution in [0.1, 0.15) is 22.0 Å². The molecule has 1 aromatic heterocycles. The summed E-state index contributed by atoms with van der Waals surface area (Å²) >= 11 is 1.54. The van der Waals surface area contributed by atoms with Gasteiger partial charge >= 0.3 is 6.18 Å². The summed E-state index contributed by atoms with van der Waals surface area (Å²) in [6, 6.07) is 18.2. The highest BCUT2D eigenvalue weighted by molar-refractivity contribution is 7.10. The molecule has 0 spiro atoms. The summed E-state index contributed by atoms with van der Waals surface area (Å²) in [5, 5.41) is 7.42. The van der Waals surface area contributed by atoms with Gasteiger partial charge in [-0.1, -0.05) is 48.5 Å². The van der Waals surface area contributed by atoms with E-state index in [0.717, 1.165) is 16.5 Å². The predicted molar refractivity (Wildman–Crippen MR) is 101 cm³/mol. The molecule has 0 saturated heterocycles. The van der Waals surface area contributed by atoms with Gasteiger partial charge in [-0.3, -0.25) is 10.1 Å². The van der Waals surface area contributed by atoms with Crippen LogP contribution in [0.5, 0.6) is 0 Å². The van der Waals surface area contributed by atoms with Crippen molar-refractivity contribution in [3.63, 3.8) is 0 Å². The number of carbonyl (C=O) groups excluding carboxylic acids is 1.